The smallest absolute Gasteiger partial charge is 0.336 e. The van der Waals surface area contributed by atoms with Crippen molar-refractivity contribution in [3.8, 4) is 0 Å². The van der Waals surface area contributed by atoms with Crippen LogP contribution in [0.25, 0.3) is 0 Å². The lowest BCUT2D eigenvalue weighted by molar-refractivity contribution is -0.146. The van der Waals surface area contributed by atoms with Gasteiger partial charge in [0.05, 0.1) is 18.6 Å². The predicted molar refractivity (Wildman–Crippen MR) is 74.4 cm³/mol. The highest BCUT2D eigenvalue weighted by Crippen LogP contribution is 2.33. The average molecular weight is 289 g/mol. The molecule has 21 heavy (non-hydrogen) atoms. The van der Waals surface area contributed by atoms with Crippen molar-refractivity contribution in [1.29, 1.82) is 0 Å². The maximum atomic E-state index is 12.3. The number of carboxylic acid groups (broad SMARTS) is 1. The van der Waals surface area contributed by atoms with Gasteiger partial charge in [0.25, 0.3) is 0 Å². The number of aliphatic carboxylic acids is 1. The number of nitrogens with zero attached hydrogens (tertiary/aromatic N) is 1. The van der Waals surface area contributed by atoms with E-state index in [0.717, 1.165) is 0 Å². The first-order valence-electron chi connectivity index (χ1n) is 6.37. The molecule has 0 fully saturated rings. The molecule has 0 radical (unpaired) electrons. The monoisotopic (exact) mass is 289 g/mol. The van der Waals surface area contributed by atoms with Crippen LogP contribution in [0.15, 0.2) is 41.6 Å². The van der Waals surface area contributed by atoms with Crippen LogP contribution in [-0.2, 0) is 19.1 Å². The van der Waals surface area contributed by atoms with Crippen molar-refractivity contribution < 1.29 is 24.2 Å². The molecular formula is C15H15NO5. The van der Waals surface area contributed by atoms with Gasteiger partial charge in [-0.1, -0.05) is 18.2 Å². The third kappa shape index (κ3) is 2.65. The lowest BCUT2D eigenvalue weighted by atomic mass is 9.89. The molecule has 0 aromatic heterocycles. The number of hydrogen-bond donors (Lipinski definition) is 1. The molecule has 1 N–H and O–H groups in total. The Bertz CT molecular complexity index is 620. The Labute approximate surface area is 121 Å². The second-order valence-electron chi connectivity index (χ2n) is 4.65. The fraction of sp³-hybridized carbons (Fsp3) is 0.267. The van der Waals surface area contributed by atoms with Crippen LogP contribution in [0.3, 0.4) is 0 Å². The van der Waals surface area contributed by atoms with E-state index in [0.29, 0.717) is 5.69 Å². The summed E-state index contributed by atoms with van der Waals surface area (Å²) in [5.74, 6) is -3.48. The number of hydrogen-bond acceptors (Lipinski definition) is 4. The number of anilines is 1. The number of rotatable bonds is 3. The Hall–Kier alpha value is -2.63. The van der Waals surface area contributed by atoms with Crippen LogP contribution in [-0.4, -0.2) is 30.1 Å². The Morgan fingerprint density at radius 1 is 1.29 bits per heavy atom. The molecule has 0 saturated heterocycles. The van der Waals surface area contributed by atoms with Gasteiger partial charge in [0.1, 0.15) is 0 Å². The second-order valence-corrected chi connectivity index (χ2v) is 4.65. The van der Waals surface area contributed by atoms with E-state index in [1.807, 2.05) is 0 Å². The Balaban J connectivity index is 2.57. The number of para-hydroxylation sites is 1. The van der Waals surface area contributed by atoms with Crippen LogP contribution in [0.2, 0.25) is 0 Å². The highest BCUT2D eigenvalue weighted by Gasteiger charge is 2.40. The number of amides is 1. The molecule has 0 bridgehead atoms. The lowest BCUT2D eigenvalue weighted by Gasteiger charge is -2.32. The summed E-state index contributed by atoms with van der Waals surface area (Å²) in [6.45, 7) is 1.55. The number of carbonyl (C=O) groups excluding carboxylic acids is 2. The Morgan fingerprint density at radius 3 is 2.43 bits per heavy atom. The predicted octanol–water partition coefficient (Wildman–Crippen LogP) is 1.57. The number of carbonyl (C=O) groups is 3. The maximum absolute atomic E-state index is 12.3. The molecule has 1 atom stereocenters. The zero-order valence-electron chi connectivity index (χ0n) is 11.7. The van der Waals surface area contributed by atoms with E-state index in [-0.39, 0.29) is 23.6 Å². The summed E-state index contributed by atoms with van der Waals surface area (Å²) < 4.78 is 4.66. The van der Waals surface area contributed by atoms with Gasteiger partial charge in [0, 0.05) is 17.8 Å². The van der Waals surface area contributed by atoms with Crippen molar-refractivity contribution in [1.82, 2.24) is 0 Å². The summed E-state index contributed by atoms with van der Waals surface area (Å²) >= 11 is 0. The molecule has 2 rings (SSSR count). The van der Waals surface area contributed by atoms with Crippen molar-refractivity contribution >= 4 is 23.5 Å². The molecule has 1 aromatic carbocycles. The summed E-state index contributed by atoms with van der Waals surface area (Å²) in [6, 6.07) is 8.76. The number of ether oxygens (including phenoxy) is 1. The molecule has 0 aliphatic carbocycles. The molecule has 1 aliphatic heterocycles. The van der Waals surface area contributed by atoms with Crippen LogP contribution in [0.4, 0.5) is 5.69 Å². The summed E-state index contributed by atoms with van der Waals surface area (Å²) in [7, 11) is 1.19. The molecule has 1 heterocycles. The highest BCUT2D eigenvalue weighted by atomic mass is 16.5. The third-order valence-electron chi connectivity index (χ3n) is 3.42. The summed E-state index contributed by atoms with van der Waals surface area (Å²) in [4.78, 5) is 36.8. The standard InChI is InChI=1S/C15H15NO5/c1-9-13(15(20)21-2)11(14(18)19)8-12(17)16(9)10-6-4-3-5-7-10/h3-7,11H,8H2,1-2H3,(H,18,19)/t11-/m1/s1. The Kier molecular flexibility index (Phi) is 4.07. The molecule has 6 heteroatoms. The van der Waals surface area contributed by atoms with Gasteiger partial charge in [0.15, 0.2) is 0 Å². The van der Waals surface area contributed by atoms with Crippen LogP contribution in [0.1, 0.15) is 13.3 Å². The fourth-order valence-electron chi connectivity index (χ4n) is 2.45. The number of allylic oxidation sites excluding steroid dienone is 1. The molecular weight excluding hydrogens is 274 g/mol. The molecule has 6 nitrogen and oxygen atoms in total. The van der Waals surface area contributed by atoms with E-state index in [9.17, 15) is 19.5 Å². The van der Waals surface area contributed by atoms with E-state index in [4.69, 9.17) is 0 Å². The van der Waals surface area contributed by atoms with Gasteiger partial charge in [-0.2, -0.15) is 0 Å². The first kappa shape index (κ1) is 14.8. The number of methoxy groups -OCH3 is 1. The SMILES string of the molecule is COC(=O)C1=C(C)N(c2ccccc2)C(=O)C[C@H]1C(=O)O. The van der Waals surface area contributed by atoms with Gasteiger partial charge in [-0.05, 0) is 19.1 Å². The second kappa shape index (κ2) is 5.78. The average Bonchev–Trinajstić information content (AvgIpc) is 2.47. The Morgan fingerprint density at radius 2 is 1.90 bits per heavy atom. The van der Waals surface area contributed by atoms with Crippen molar-refractivity contribution in [3.63, 3.8) is 0 Å². The van der Waals surface area contributed by atoms with Crippen molar-refractivity contribution in [2.45, 2.75) is 13.3 Å². The van der Waals surface area contributed by atoms with Crippen molar-refractivity contribution in [2.75, 3.05) is 12.0 Å². The van der Waals surface area contributed by atoms with Crippen LogP contribution in [0, 0.1) is 5.92 Å². The van der Waals surface area contributed by atoms with E-state index in [1.165, 1.54) is 12.0 Å². The largest absolute Gasteiger partial charge is 0.481 e. The lowest BCUT2D eigenvalue weighted by Crippen LogP contribution is -2.41. The number of carboxylic acids is 1. The van der Waals surface area contributed by atoms with Gasteiger partial charge in [-0.15, -0.1) is 0 Å². The van der Waals surface area contributed by atoms with E-state index in [1.54, 1.807) is 37.3 Å². The third-order valence-corrected chi connectivity index (χ3v) is 3.42. The van der Waals surface area contributed by atoms with Gasteiger partial charge in [-0.25, -0.2) is 4.79 Å². The topological polar surface area (TPSA) is 83.9 Å². The van der Waals surface area contributed by atoms with Gasteiger partial charge in [-0.3, -0.25) is 14.5 Å². The number of benzene rings is 1. The minimum absolute atomic E-state index is 0.00783. The minimum Gasteiger partial charge on any atom is -0.481 e. The molecule has 1 aliphatic rings. The van der Waals surface area contributed by atoms with Crippen molar-refractivity contribution in [2.24, 2.45) is 5.92 Å². The summed E-state index contributed by atoms with van der Waals surface area (Å²) in [5.41, 5.74) is 0.885. The van der Waals surface area contributed by atoms with Gasteiger partial charge in [0.2, 0.25) is 5.91 Å². The molecule has 0 spiro atoms. The normalized spacial score (nSPS) is 18.7. The maximum Gasteiger partial charge on any atom is 0.336 e. The first-order valence-corrected chi connectivity index (χ1v) is 6.37. The molecule has 0 saturated carbocycles. The molecule has 0 unspecified atom stereocenters. The van der Waals surface area contributed by atoms with Gasteiger partial charge < -0.3 is 9.84 Å². The van der Waals surface area contributed by atoms with Gasteiger partial charge >= 0.3 is 11.9 Å². The first-order chi connectivity index (χ1) is 9.97. The highest BCUT2D eigenvalue weighted by molar-refractivity contribution is 6.07. The fourth-order valence-corrected chi connectivity index (χ4v) is 2.45. The molecule has 1 amide bonds. The summed E-state index contributed by atoms with van der Waals surface area (Å²) in [6.07, 6.45) is -0.272. The minimum atomic E-state index is -1.21. The molecule has 110 valence electrons. The van der Waals surface area contributed by atoms with Crippen LogP contribution < -0.4 is 4.90 Å². The van der Waals surface area contributed by atoms with Crippen molar-refractivity contribution in [3.05, 3.63) is 41.6 Å². The zero-order valence-corrected chi connectivity index (χ0v) is 11.7. The van der Waals surface area contributed by atoms with E-state index >= 15 is 0 Å². The zero-order chi connectivity index (χ0) is 15.6. The van der Waals surface area contributed by atoms with E-state index in [2.05, 4.69) is 4.74 Å². The molecule has 1 aromatic rings. The number of esters is 1. The van der Waals surface area contributed by atoms with Crippen LogP contribution in [0.5, 0.6) is 0 Å². The summed E-state index contributed by atoms with van der Waals surface area (Å²) in [5, 5.41) is 9.23. The quantitative estimate of drug-likeness (QED) is 0.854. The van der Waals surface area contributed by atoms with E-state index < -0.39 is 17.9 Å². The van der Waals surface area contributed by atoms with Crippen LogP contribution >= 0.6 is 0 Å².